The molecular weight excluding hydrogens is 198 g/mol. The highest BCUT2D eigenvalue weighted by Gasteiger charge is 2.10. The molecule has 2 N–H and O–H groups in total. The molecule has 0 saturated heterocycles. The van der Waals surface area contributed by atoms with Gasteiger partial charge in [0, 0.05) is 11.4 Å². The SMILES string of the molecule is Cc1ccc(CC(=O)C(C)N)c(Cl)c1. The maximum atomic E-state index is 11.4. The van der Waals surface area contributed by atoms with Crippen LogP contribution in [0.15, 0.2) is 18.2 Å². The molecule has 0 heterocycles. The van der Waals surface area contributed by atoms with E-state index in [1.165, 1.54) is 0 Å². The third-order valence-corrected chi connectivity index (χ3v) is 2.43. The minimum absolute atomic E-state index is 0.00996. The zero-order valence-corrected chi connectivity index (χ0v) is 9.14. The van der Waals surface area contributed by atoms with Gasteiger partial charge < -0.3 is 5.73 Å². The largest absolute Gasteiger partial charge is 0.322 e. The van der Waals surface area contributed by atoms with Crippen molar-refractivity contribution in [1.82, 2.24) is 0 Å². The minimum atomic E-state index is -0.424. The molecule has 14 heavy (non-hydrogen) atoms. The molecule has 0 radical (unpaired) electrons. The highest BCUT2D eigenvalue weighted by atomic mass is 35.5. The third kappa shape index (κ3) is 2.82. The van der Waals surface area contributed by atoms with Crippen LogP contribution in [0.1, 0.15) is 18.1 Å². The lowest BCUT2D eigenvalue weighted by atomic mass is 10.0. The van der Waals surface area contributed by atoms with Gasteiger partial charge >= 0.3 is 0 Å². The molecule has 0 aliphatic heterocycles. The monoisotopic (exact) mass is 211 g/mol. The average Bonchev–Trinajstić information content (AvgIpc) is 2.09. The van der Waals surface area contributed by atoms with Crippen molar-refractivity contribution in [2.45, 2.75) is 26.3 Å². The number of carbonyl (C=O) groups is 1. The second-order valence-electron chi connectivity index (χ2n) is 3.53. The molecule has 3 heteroatoms. The quantitative estimate of drug-likeness (QED) is 0.832. The normalized spacial score (nSPS) is 12.6. The maximum Gasteiger partial charge on any atom is 0.153 e. The average molecular weight is 212 g/mol. The van der Waals surface area contributed by atoms with Crippen molar-refractivity contribution in [3.05, 3.63) is 34.3 Å². The Labute approximate surface area is 89.1 Å². The van der Waals surface area contributed by atoms with Crippen molar-refractivity contribution in [3.63, 3.8) is 0 Å². The van der Waals surface area contributed by atoms with Gasteiger partial charge in [-0.25, -0.2) is 0 Å². The fourth-order valence-electron chi connectivity index (χ4n) is 1.14. The number of ketones is 1. The fourth-order valence-corrected chi connectivity index (χ4v) is 1.45. The van der Waals surface area contributed by atoms with Gasteiger partial charge in [0.25, 0.3) is 0 Å². The smallest absolute Gasteiger partial charge is 0.153 e. The van der Waals surface area contributed by atoms with Crippen LogP contribution in [0.5, 0.6) is 0 Å². The second-order valence-corrected chi connectivity index (χ2v) is 3.93. The number of carbonyl (C=O) groups excluding carboxylic acids is 1. The number of aryl methyl sites for hydroxylation is 1. The van der Waals surface area contributed by atoms with E-state index in [9.17, 15) is 4.79 Å². The first-order valence-corrected chi connectivity index (χ1v) is 4.92. The number of rotatable bonds is 3. The molecular formula is C11H14ClNO. The summed E-state index contributed by atoms with van der Waals surface area (Å²) in [4.78, 5) is 11.4. The first-order valence-electron chi connectivity index (χ1n) is 4.54. The van der Waals surface area contributed by atoms with E-state index in [2.05, 4.69) is 0 Å². The van der Waals surface area contributed by atoms with E-state index < -0.39 is 6.04 Å². The second kappa shape index (κ2) is 4.58. The van der Waals surface area contributed by atoms with Crippen molar-refractivity contribution in [3.8, 4) is 0 Å². The zero-order valence-electron chi connectivity index (χ0n) is 8.38. The molecule has 0 saturated carbocycles. The van der Waals surface area contributed by atoms with Crippen molar-refractivity contribution in [2.75, 3.05) is 0 Å². The molecule has 2 nitrogen and oxygen atoms in total. The molecule has 1 rings (SSSR count). The van der Waals surface area contributed by atoms with Gasteiger partial charge in [0.05, 0.1) is 6.04 Å². The standard InChI is InChI=1S/C11H14ClNO/c1-7-3-4-9(10(12)5-7)6-11(14)8(2)13/h3-5,8H,6,13H2,1-2H3. The highest BCUT2D eigenvalue weighted by molar-refractivity contribution is 6.31. The van der Waals surface area contributed by atoms with E-state index in [4.69, 9.17) is 17.3 Å². The number of halogens is 1. The molecule has 1 atom stereocenters. The molecule has 0 spiro atoms. The summed E-state index contributed by atoms with van der Waals surface area (Å²) in [5.41, 5.74) is 7.41. The van der Waals surface area contributed by atoms with Crippen LogP contribution in [0.2, 0.25) is 5.02 Å². The molecule has 0 amide bonds. The summed E-state index contributed by atoms with van der Waals surface area (Å²) in [5.74, 6) is 0.00996. The van der Waals surface area contributed by atoms with Crippen molar-refractivity contribution < 1.29 is 4.79 Å². The van der Waals surface area contributed by atoms with Gasteiger partial charge in [-0.05, 0) is 31.0 Å². The van der Waals surface area contributed by atoms with Gasteiger partial charge in [-0.1, -0.05) is 23.7 Å². The first-order chi connectivity index (χ1) is 6.50. The van der Waals surface area contributed by atoms with Crippen LogP contribution in [0.25, 0.3) is 0 Å². The van der Waals surface area contributed by atoms with Crippen molar-refractivity contribution in [2.24, 2.45) is 5.73 Å². The zero-order chi connectivity index (χ0) is 10.7. The Morgan fingerprint density at radius 2 is 2.21 bits per heavy atom. The molecule has 1 aromatic carbocycles. The topological polar surface area (TPSA) is 43.1 Å². The highest BCUT2D eigenvalue weighted by Crippen LogP contribution is 2.18. The Morgan fingerprint density at radius 1 is 1.57 bits per heavy atom. The molecule has 76 valence electrons. The Morgan fingerprint density at radius 3 is 2.71 bits per heavy atom. The van der Waals surface area contributed by atoms with Crippen LogP contribution in [0, 0.1) is 6.92 Å². The number of Topliss-reactive ketones (excluding diaryl/α,β-unsaturated/α-hetero) is 1. The van der Waals surface area contributed by atoms with E-state index in [-0.39, 0.29) is 5.78 Å². The summed E-state index contributed by atoms with van der Waals surface area (Å²) in [6, 6.07) is 5.24. The molecule has 0 aliphatic rings. The lowest BCUT2D eigenvalue weighted by Crippen LogP contribution is -2.28. The van der Waals surface area contributed by atoms with Gasteiger partial charge in [0.15, 0.2) is 5.78 Å². The Hall–Kier alpha value is -0.860. The fraction of sp³-hybridized carbons (Fsp3) is 0.364. The van der Waals surface area contributed by atoms with Gasteiger partial charge in [-0.15, -0.1) is 0 Å². The Balaban J connectivity index is 2.82. The van der Waals surface area contributed by atoms with Gasteiger partial charge in [0.1, 0.15) is 0 Å². The van der Waals surface area contributed by atoms with Crippen LogP contribution in [0.3, 0.4) is 0 Å². The summed E-state index contributed by atoms with van der Waals surface area (Å²) in [7, 11) is 0. The van der Waals surface area contributed by atoms with Gasteiger partial charge in [-0.2, -0.15) is 0 Å². The summed E-state index contributed by atoms with van der Waals surface area (Å²) in [6.45, 7) is 3.65. The van der Waals surface area contributed by atoms with Crippen LogP contribution in [-0.4, -0.2) is 11.8 Å². The Kier molecular flexibility index (Phi) is 3.67. The molecule has 0 aromatic heterocycles. The molecule has 0 fully saturated rings. The molecule has 0 bridgehead atoms. The Bertz CT molecular complexity index is 347. The van der Waals surface area contributed by atoms with Crippen LogP contribution < -0.4 is 5.73 Å². The number of nitrogens with two attached hydrogens (primary N) is 1. The predicted molar refractivity (Wildman–Crippen MR) is 58.5 cm³/mol. The van der Waals surface area contributed by atoms with E-state index >= 15 is 0 Å². The summed E-state index contributed by atoms with van der Waals surface area (Å²) >= 11 is 5.99. The molecule has 0 aliphatic carbocycles. The van der Waals surface area contributed by atoms with E-state index in [1.807, 2.05) is 25.1 Å². The van der Waals surface area contributed by atoms with Crippen LogP contribution in [-0.2, 0) is 11.2 Å². The van der Waals surface area contributed by atoms with Crippen LogP contribution >= 0.6 is 11.6 Å². The van der Waals surface area contributed by atoms with Crippen molar-refractivity contribution >= 4 is 17.4 Å². The number of benzene rings is 1. The summed E-state index contributed by atoms with van der Waals surface area (Å²) in [5, 5.41) is 0.638. The van der Waals surface area contributed by atoms with Crippen molar-refractivity contribution in [1.29, 1.82) is 0 Å². The van der Waals surface area contributed by atoms with Crippen LogP contribution in [0.4, 0.5) is 0 Å². The first kappa shape index (κ1) is 11.2. The maximum absolute atomic E-state index is 11.4. The van der Waals surface area contributed by atoms with E-state index in [0.29, 0.717) is 11.4 Å². The lowest BCUT2D eigenvalue weighted by Gasteiger charge is -2.06. The number of hydrogen-bond donors (Lipinski definition) is 1. The third-order valence-electron chi connectivity index (χ3n) is 2.08. The number of hydrogen-bond acceptors (Lipinski definition) is 2. The van der Waals surface area contributed by atoms with E-state index in [1.54, 1.807) is 6.92 Å². The lowest BCUT2D eigenvalue weighted by molar-refractivity contribution is -0.119. The predicted octanol–water partition coefficient (Wildman–Crippen LogP) is 2.11. The molecule has 1 aromatic rings. The summed E-state index contributed by atoms with van der Waals surface area (Å²) < 4.78 is 0. The van der Waals surface area contributed by atoms with Gasteiger partial charge in [-0.3, -0.25) is 4.79 Å². The summed E-state index contributed by atoms with van der Waals surface area (Å²) in [6.07, 6.45) is 0.316. The molecule has 1 unspecified atom stereocenters. The van der Waals surface area contributed by atoms with E-state index in [0.717, 1.165) is 11.1 Å². The minimum Gasteiger partial charge on any atom is -0.322 e. The van der Waals surface area contributed by atoms with Gasteiger partial charge in [0.2, 0.25) is 0 Å².